The topological polar surface area (TPSA) is 80.3 Å². The first kappa shape index (κ1) is 10.6. The minimum atomic E-state index is 0.358. The van der Waals surface area contributed by atoms with Gasteiger partial charge in [0.15, 0.2) is 10.3 Å². The monoisotopic (exact) mass is 232 g/mol. The molecule has 0 atom stereocenters. The van der Waals surface area contributed by atoms with E-state index in [1.807, 2.05) is 13.0 Å². The van der Waals surface area contributed by atoms with Gasteiger partial charge in [-0.3, -0.25) is 0 Å². The molecule has 2 aromatic heterocycles. The Morgan fingerprint density at radius 1 is 1.44 bits per heavy atom. The Bertz CT molecular complexity index is 555. The molecule has 0 saturated carbocycles. The molecule has 80 valence electrons. The van der Waals surface area contributed by atoms with Crippen molar-refractivity contribution < 1.29 is 0 Å². The van der Waals surface area contributed by atoms with Gasteiger partial charge in [0, 0.05) is 12.7 Å². The fraction of sp³-hybridized carbons (Fsp3) is 0.222. The summed E-state index contributed by atoms with van der Waals surface area (Å²) in [5, 5.41) is 13.9. The van der Waals surface area contributed by atoms with E-state index in [1.54, 1.807) is 17.8 Å². The summed E-state index contributed by atoms with van der Waals surface area (Å²) in [6.07, 6.45) is 1.46. The van der Waals surface area contributed by atoms with Crippen LogP contribution in [0.2, 0.25) is 0 Å². The molecule has 0 bridgehead atoms. The molecule has 0 N–H and O–H groups in total. The first-order chi connectivity index (χ1) is 7.69. The SMILES string of the molecule is Cc1cc(C#N)nc(Sc2ncnn2C)n1. The molecular weight excluding hydrogens is 224 g/mol. The van der Waals surface area contributed by atoms with Gasteiger partial charge in [-0.2, -0.15) is 10.4 Å². The lowest BCUT2D eigenvalue weighted by Gasteiger charge is -2.00. The zero-order valence-corrected chi connectivity index (χ0v) is 9.56. The molecule has 6 nitrogen and oxygen atoms in total. The fourth-order valence-corrected chi connectivity index (χ4v) is 1.88. The summed E-state index contributed by atoms with van der Waals surface area (Å²) >= 11 is 1.28. The predicted molar refractivity (Wildman–Crippen MR) is 56.6 cm³/mol. The van der Waals surface area contributed by atoms with Crippen molar-refractivity contribution in [2.24, 2.45) is 7.05 Å². The van der Waals surface area contributed by atoms with Crippen LogP contribution < -0.4 is 0 Å². The van der Waals surface area contributed by atoms with Gasteiger partial charge in [0.2, 0.25) is 0 Å². The number of aryl methyl sites for hydroxylation is 2. The zero-order chi connectivity index (χ0) is 11.5. The molecule has 0 spiro atoms. The molecule has 2 heterocycles. The minimum absolute atomic E-state index is 0.358. The first-order valence-electron chi connectivity index (χ1n) is 4.46. The number of nitrogens with zero attached hydrogens (tertiary/aromatic N) is 6. The summed E-state index contributed by atoms with van der Waals surface area (Å²) in [5.74, 6) is 0. The standard InChI is InChI=1S/C9H8N6S/c1-6-3-7(4-10)14-8(13-6)16-9-11-5-12-15(9)2/h3,5H,1-2H3. The van der Waals surface area contributed by atoms with Crippen LogP contribution in [0.15, 0.2) is 22.7 Å². The van der Waals surface area contributed by atoms with Gasteiger partial charge in [0.05, 0.1) is 0 Å². The van der Waals surface area contributed by atoms with Crippen molar-refractivity contribution in [3.8, 4) is 6.07 Å². The molecule has 0 aliphatic heterocycles. The maximum Gasteiger partial charge on any atom is 0.196 e. The summed E-state index contributed by atoms with van der Waals surface area (Å²) < 4.78 is 1.63. The minimum Gasteiger partial charge on any atom is -0.244 e. The van der Waals surface area contributed by atoms with Gasteiger partial charge in [0.1, 0.15) is 18.1 Å². The van der Waals surface area contributed by atoms with Crippen LogP contribution in [0.1, 0.15) is 11.4 Å². The lowest BCUT2D eigenvalue weighted by Crippen LogP contribution is -1.97. The van der Waals surface area contributed by atoms with Crippen molar-refractivity contribution in [2.75, 3.05) is 0 Å². The number of hydrogen-bond donors (Lipinski definition) is 0. The van der Waals surface area contributed by atoms with E-state index < -0.39 is 0 Å². The van der Waals surface area contributed by atoms with Gasteiger partial charge in [-0.25, -0.2) is 19.6 Å². The normalized spacial score (nSPS) is 10.1. The Balaban J connectivity index is 2.32. The van der Waals surface area contributed by atoms with Gasteiger partial charge < -0.3 is 0 Å². The lowest BCUT2D eigenvalue weighted by atomic mass is 10.4. The molecule has 0 aliphatic carbocycles. The third kappa shape index (κ3) is 2.17. The second-order valence-electron chi connectivity index (χ2n) is 3.06. The van der Waals surface area contributed by atoms with Crippen molar-refractivity contribution in [3.63, 3.8) is 0 Å². The Labute approximate surface area is 96.4 Å². The van der Waals surface area contributed by atoms with E-state index in [9.17, 15) is 0 Å². The van der Waals surface area contributed by atoms with Gasteiger partial charge in [-0.15, -0.1) is 0 Å². The average Bonchev–Trinajstić information content (AvgIpc) is 2.63. The fourth-order valence-electron chi connectivity index (χ4n) is 1.10. The molecule has 0 saturated heterocycles. The number of aromatic nitrogens is 5. The lowest BCUT2D eigenvalue weighted by molar-refractivity contribution is 0.683. The Hall–Kier alpha value is -1.94. The molecule has 0 fully saturated rings. The van der Waals surface area contributed by atoms with Gasteiger partial charge in [-0.1, -0.05) is 0 Å². The quantitative estimate of drug-likeness (QED) is 0.717. The highest BCUT2D eigenvalue weighted by molar-refractivity contribution is 7.99. The van der Waals surface area contributed by atoms with Crippen LogP contribution in [0, 0.1) is 18.3 Å². The van der Waals surface area contributed by atoms with Gasteiger partial charge in [0.25, 0.3) is 0 Å². The molecular formula is C9H8N6S. The predicted octanol–water partition coefficient (Wildman–Crippen LogP) is 0.936. The molecule has 0 aromatic carbocycles. The van der Waals surface area contributed by atoms with Crippen LogP contribution in [-0.4, -0.2) is 24.7 Å². The zero-order valence-electron chi connectivity index (χ0n) is 8.75. The second-order valence-corrected chi connectivity index (χ2v) is 3.99. The first-order valence-corrected chi connectivity index (χ1v) is 5.28. The van der Waals surface area contributed by atoms with E-state index in [-0.39, 0.29) is 0 Å². The largest absolute Gasteiger partial charge is 0.244 e. The highest BCUT2D eigenvalue weighted by Gasteiger charge is 2.07. The maximum absolute atomic E-state index is 8.78. The second kappa shape index (κ2) is 4.28. The summed E-state index contributed by atoms with van der Waals surface area (Å²) in [5.41, 5.74) is 1.12. The third-order valence-electron chi connectivity index (χ3n) is 1.80. The van der Waals surface area contributed by atoms with Crippen LogP contribution >= 0.6 is 11.8 Å². The van der Waals surface area contributed by atoms with Crippen LogP contribution in [0.3, 0.4) is 0 Å². The number of hydrogen-bond acceptors (Lipinski definition) is 6. The Morgan fingerprint density at radius 2 is 2.25 bits per heavy atom. The highest BCUT2D eigenvalue weighted by atomic mass is 32.2. The third-order valence-corrected chi connectivity index (χ3v) is 2.72. The van der Waals surface area contributed by atoms with E-state index in [0.717, 1.165) is 5.69 Å². The van der Waals surface area contributed by atoms with E-state index in [1.165, 1.54) is 18.1 Å². The van der Waals surface area contributed by atoms with Crippen molar-refractivity contribution in [3.05, 3.63) is 23.8 Å². The van der Waals surface area contributed by atoms with Crippen LogP contribution in [-0.2, 0) is 7.05 Å². The van der Waals surface area contributed by atoms with Gasteiger partial charge in [-0.05, 0) is 24.8 Å². The molecule has 2 aromatic rings. The Morgan fingerprint density at radius 3 is 2.88 bits per heavy atom. The maximum atomic E-state index is 8.78. The van der Waals surface area contributed by atoms with Crippen molar-refractivity contribution in [1.82, 2.24) is 24.7 Å². The molecule has 0 unspecified atom stereocenters. The van der Waals surface area contributed by atoms with E-state index in [0.29, 0.717) is 16.0 Å². The smallest absolute Gasteiger partial charge is 0.196 e. The van der Waals surface area contributed by atoms with Gasteiger partial charge >= 0.3 is 0 Å². The summed E-state index contributed by atoms with van der Waals surface area (Å²) in [7, 11) is 1.79. The number of rotatable bonds is 2. The molecule has 0 aliphatic rings. The summed E-state index contributed by atoms with van der Waals surface area (Å²) in [4.78, 5) is 12.3. The Kier molecular flexibility index (Phi) is 2.83. The van der Waals surface area contributed by atoms with Crippen molar-refractivity contribution in [2.45, 2.75) is 17.2 Å². The van der Waals surface area contributed by atoms with E-state index in [4.69, 9.17) is 5.26 Å². The highest BCUT2D eigenvalue weighted by Crippen LogP contribution is 2.21. The molecule has 0 amide bonds. The van der Waals surface area contributed by atoms with Crippen molar-refractivity contribution >= 4 is 11.8 Å². The van der Waals surface area contributed by atoms with E-state index in [2.05, 4.69) is 20.1 Å². The van der Waals surface area contributed by atoms with Crippen molar-refractivity contribution in [1.29, 1.82) is 5.26 Å². The summed E-state index contributed by atoms with van der Waals surface area (Å²) in [6.45, 7) is 1.82. The molecule has 2 rings (SSSR count). The molecule has 16 heavy (non-hydrogen) atoms. The summed E-state index contributed by atoms with van der Waals surface area (Å²) in [6, 6.07) is 3.63. The van der Waals surface area contributed by atoms with Crippen LogP contribution in [0.5, 0.6) is 0 Å². The van der Waals surface area contributed by atoms with E-state index >= 15 is 0 Å². The molecule has 0 radical (unpaired) electrons. The number of nitriles is 1. The van der Waals surface area contributed by atoms with Crippen LogP contribution in [0.25, 0.3) is 0 Å². The van der Waals surface area contributed by atoms with Crippen LogP contribution in [0.4, 0.5) is 0 Å². The average molecular weight is 232 g/mol. The molecule has 7 heteroatoms.